The average molecular weight is 343 g/mol. The van der Waals surface area contributed by atoms with Gasteiger partial charge in [0.2, 0.25) is 0 Å². The van der Waals surface area contributed by atoms with E-state index in [1.54, 1.807) is 24.3 Å². The molecule has 0 spiro atoms. The first-order valence-corrected chi connectivity index (χ1v) is 6.36. The summed E-state index contributed by atoms with van der Waals surface area (Å²) in [6, 6.07) is 8.49. The fourth-order valence-corrected chi connectivity index (χ4v) is 1.82. The fourth-order valence-electron chi connectivity index (χ4n) is 1.56. The summed E-state index contributed by atoms with van der Waals surface area (Å²) in [5.74, 6) is -4.07. The topological polar surface area (TPSA) is 46.5 Å². The van der Waals surface area contributed by atoms with E-state index in [9.17, 15) is 13.6 Å². The third-order valence-electron chi connectivity index (χ3n) is 2.54. The van der Waals surface area contributed by atoms with Gasteiger partial charge >= 0.3 is 5.97 Å². The molecule has 2 rings (SSSR count). The van der Waals surface area contributed by atoms with E-state index in [2.05, 4.69) is 15.9 Å². The molecule has 0 bridgehead atoms. The number of carboxylic acid groups (broad SMARTS) is 1. The lowest BCUT2D eigenvalue weighted by atomic mass is 10.2. The predicted molar refractivity (Wildman–Crippen MR) is 71.8 cm³/mol. The Morgan fingerprint density at radius 1 is 1.15 bits per heavy atom. The van der Waals surface area contributed by atoms with Gasteiger partial charge in [-0.25, -0.2) is 13.6 Å². The molecular formula is C14H9BrF2O3. The number of benzene rings is 2. The summed E-state index contributed by atoms with van der Waals surface area (Å²) in [6.07, 6.45) is 0. The SMILES string of the molecule is O=C(O)c1cc(F)c(OCc2ccc(Br)cc2)c(F)c1. The first-order valence-electron chi connectivity index (χ1n) is 5.57. The van der Waals surface area contributed by atoms with Crippen molar-refractivity contribution in [2.75, 3.05) is 0 Å². The monoisotopic (exact) mass is 342 g/mol. The van der Waals surface area contributed by atoms with Crippen LogP contribution in [0.4, 0.5) is 8.78 Å². The molecule has 20 heavy (non-hydrogen) atoms. The lowest BCUT2D eigenvalue weighted by Crippen LogP contribution is -2.04. The van der Waals surface area contributed by atoms with Crippen molar-refractivity contribution in [3.8, 4) is 5.75 Å². The number of aromatic carboxylic acids is 1. The van der Waals surface area contributed by atoms with Crippen LogP contribution in [0.5, 0.6) is 5.75 Å². The zero-order chi connectivity index (χ0) is 14.7. The summed E-state index contributed by atoms with van der Waals surface area (Å²) in [4.78, 5) is 10.6. The molecule has 3 nitrogen and oxygen atoms in total. The molecule has 0 amide bonds. The Kier molecular flexibility index (Phi) is 4.34. The van der Waals surface area contributed by atoms with Crippen LogP contribution in [0.15, 0.2) is 40.9 Å². The van der Waals surface area contributed by atoms with Gasteiger partial charge in [-0.1, -0.05) is 28.1 Å². The van der Waals surface area contributed by atoms with Crippen molar-refractivity contribution >= 4 is 21.9 Å². The van der Waals surface area contributed by atoms with E-state index in [0.29, 0.717) is 0 Å². The molecule has 2 aromatic carbocycles. The minimum absolute atomic E-state index is 0.0203. The lowest BCUT2D eigenvalue weighted by molar-refractivity contribution is 0.0695. The number of halogens is 3. The lowest BCUT2D eigenvalue weighted by Gasteiger charge is -2.09. The van der Waals surface area contributed by atoms with Crippen molar-refractivity contribution in [3.05, 3.63) is 63.6 Å². The highest BCUT2D eigenvalue weighted by molar-refractivity contribution is 9.10. The largest absolute Gasteiger partial charge is 0.483 e. The Morgan fingerprint density at radius 2 is 1.70 bits per heavy atom. The summed E-state index contributed by atoms with van der Waals surface area (Å²) in [5.41, 5.74) is 0.269. The molecule has 0 heterocycles. The molecule has 0 aliphatic heterocycles. The van der Waals surface area contributed by atoms with Crippen molar-refractivity contribution in [1.29, 1.82) is 0 Å². The number of hydrogen-bond donors (Lipinski definition) is 1. The molecule has 0 aliphatic carbocycles. The molecule has 0 atom stereocenters. The summed E-state index contributed by atoms with van der Waals surface area (Å²) < 4.78 is 33.2. The van der Waals surface area contributed by atoms with Crippen molar-refractivity contribution in [1.82, 2.24) is 0 Å². The van der Waals surface area contributed by atoms with E-state index in [1.807, 2.05) is 0 Å². The standard InChI is InChI=1S/C14H9BrF2O3/c15-10-3-1-8(2-4-10)7-20-13-11(16)5-9(14(18)19)6-12(13)17/h1-6H,7H2,(H,18,19). The van der Waals surface area contributed by atoms with Gasteiger partial charge in [0, 0.05) is 4.47 Å². The molecule has 6 heteroatoms. The maximum absolute atomic E-state index is 13.6. The van der Waals surface area contributed by atoms with Crippen LogP contribution in [0.3, 0.4) is 0 Å². The summed E-state index contributed by atoms with van der Waals surface area (Å²) in [6.45, 7) is -0.0203. The minimum atomic E-state index is -1.40. The maximum Gasteiger partial charge on any atom is 0.335 e. The molecule has 2 aromatic rings. The fraction of sp³-hybridized carbons (Fsp3) is 0.0714. The maximum atomic E-state index is 13.6. The molecule has 0 unspecified atom stereocenters. The smallest absolute Gasteiger partial charge is 0.335 e. The summed E-state index contributed by atoms with van der Waals surface area (Å²) in [7, 11) is 0. The zero-order valence-corrected chi connectivity index (χ0v) is 11.7. The Balaban J connectivity index is 2.17. The zero-order valence-electron chi connectivity index (χ0n) is 10.1. The summed E-state index contributed by atoms with van der Waals surface area (Å²) >= 11 is 3.27. The number of carbonyl (C=O) groups is 1. The number of rotatable bonds is 4. The first kappa shape index (κ1) is 14.5. The van der Waals surface area contributed by atoms with Crippen LogP contribution in [0, 0.1) is 11.6 Å². The molecule has 1 N–H and O–H groups in total. The van der Waals surface area contributed by atoms with Crippen molar-refractivity contribution in [3.63, 3.8) is 0 Å². The van der Waals surface area contributed by atoms with Crippen LogP contribution in [-0.4, -0.2) is 11.1 Å². The van der Waals surface area contributed by atoms with Crippen molar-refractivity contribution in [2.24, 2.45) is 0 Å². The van der Waals surface area contributed by atoms with Gasteiger partial charge in [0.05, 0.1) is 5.56 Å². The van der Waals surface area contributed by atoms with Crippen LogP contribution in [0.1, 0.15) is 15.9 Å². The second-order valence-electron chi connectivity index (χ2n) is 3.99. The highest BCUT2D eigenvalue weighted by Gasteiger charge is 2.16. The third-order valence-corrected chi connectivity index (χ3v) is 3.07. The van der Waals surface area contributed by atoms with Gasteiger partial charge in [0.25, 0.3) is 0 Å². The van der Waals surface area contributed by atoms with Gasteiger partial charge < -0.3 is 9.84 Å². The van der Waals surface area contributed by atoms with Gasteiger partial charge in [0.15, 0.2) is 17.4 Å². The molecule has 0 aliphatic rings. The highest BCUT2D eigenvalue weighted by Crippen LogP contribution is 2.24. The Hall–Kier alpha value is -1.95. The average Bonchev–Trinajstić information content (AvgIpc) is 2.39. The van der Waals surface area contributed by atoms with Crippen LogP contribution < -0.4 is 4.74 Å². The van der Waals surface area contributed by atoms with E-state index < -0.39 is 28.9 Å². The Labute approximate surface area is 121 Å². The second-order valence-corrected chi connectivity index (χ2v) is 4.90. The Morgan fingerprint density at radius 3 is 2.20 bits per heavy atom. The van der Waals surface area contributed by atoms with Crippen LogP contribution in [0.2, 0.25) is 0 Å². The van der Waals surface area contributed by atoms with E-state index in [-0.39, 0.29) is 6.61 Å². The van der Waals surface area contributed by atoms with Crippen LogP contribution in [-0.2, 0) is 6.61 Å². The van der Waals surface area contributed by atoms with Gasteiger partial charge in [-0.15, -0.1) is 0 Å². The highest BCUT2D eigenvalue weighted by atomic mass is 79.9. The van der Waals surface area contributed by atoms with Crippen LogP contribution in [0.25, 0.3) is 0 Å². The molecule has 0 radical (unpaired) electrons. The number of ether oxygens (including phenoxy) is 1. The minimum Gasteiger partial charge on any atom is -0.483 e. The second kappa shape index (κ2) is 6.00. The first-order chi connectivity index (χ1) is 9.47. The predicted octanol–water partition coefficient (Wildman–Crippen LogP) is 4.00. The molecule has 0 saturated heterocycles. The van der Waals surface area contributed by atoms with E-state index >= 15 is 0 Å². The van der Waals surface area contributed by atoms with Gasteiger partial charge in [-0.3, -0.25) is 0 Å². The van der Waals surface area contributed by atoms with Gasteiger partial charge in [0.1, 0.15) is 6.61 Å². The molecular weight excluding hydrogens is 334 g/mol. The van der Waals surface area contributed by atoms with Crippen molar-refractivity contribution < 1.29 is 23.4 Å². The van der Waals surface area contributed by atoms with Crippen molar-refractivity contribution in [2.45, 2.75) is 6.61 Å². The molecule has 0 aromatic heterocycles. The van der Waals surface area contributed by atoms with Crippen LogP contribution >= 0.6 is 15.9 Å². The Bertz CT molecular complexity index is 618. The van der Waals surface area contributed by atoms with Gasteiger partial charge in [-0.05, 0) is 29.8 Å². The number of hydrogen-bond acceptors (Lipinski definition) is 2. The van der Waals surface area contributed by atoms with E-state index in [4.69, 9.17) is 9.84 Å². The molecule has 104 valence electrons. The normalized spacial score (nSPS) is 10.3. The van der Waals surface area contributed by atoms with E-state index in [1.165, 1.54) is 0 Å². The number of carboxylic acids is 1. The van der Waals surface area contributed by atoms with E-state index in [0.717, 1.165) is 22.2 Å². The quantitative estimate of drug-likeness (QED) is 0.913. The summed E-state index contributed by atoms with van der Waals surface area (Å²) in [5, 5.41) is 8.68. The molecule has 0 fully saturated rings. The third kappa shape index (κ3) is 3.33. The van der Waals surface area contributed by atoms with Gasteiger partial charge in [-0.2, -0.15) is 0 Å². The molecule has 0 saturated carbocycles.